The Labute approximate surface area is 147 Å². The molecule has 3 N–H and O–H groups in total. The van der Waals surface area contributed by atoms with Gasteiger partial charge in [0.15, 0.2) is 5.96 Å². The van der Waals surface area contributed by atoms with Crippen LogP contribution < -0.4 is 10.6 Å². The third kappa shape index (κ3) is 7.87. The summed E-state index contributed by atoms with van der Waals surface area (Å²) in [6.45, 7) is 3.62. The van der Waals surface area contributed by atoms with Crippen molar-refractivity contribution in [2.75, 3.05) is 31.6 Å². The highest BCUT2D eigenvalue weighted by Crippen LogP contribution is 2.16. The Bertz CT molecular complexity index is 434. The predicted octanol–water partition coefficient (Wildman–Crippen LogP) is 2.40. The molecule has 0 radical (unpaired) electrons. The van der Waals surface area contributed by atoms with E-state index in [4.69, 9.17) is 0 Å². The van der Waals surface area contributed by atoms with Gasteiger partial charge in [0.2, 0.25) is 0 Å². The number of guanidine groups is 1. The van der Waals surface area contributed by atoms with Gasteiger partial charge in [0, 0.05) is 24.4 Å². The van der Waals surface area contributed by atoms with Crippen molar-refractivity contribution in [2.45, 2.75) is 13.0 Å². The number of rotatable bonds is 7. The van der Waals surface area contributed by atoms with Gasteiger partial charge in [-0.05, 0) is 19.2 Å². The summed E-state index contributed by atoms with van der Waals surface area (Å²) in [5.74, 6) is 1.20. The highest BCUT2D eigenvalue weighted by Gasteiger charge is 2.11. The molecule has 4 nitrogen and oxygen atoms in total. The number of benzene rings is 1. The quantitative estimate of drug-likeness (QED) is 0.271. The molecule has 0 bridgehead atoms. The Morgan fingerprint density at radius 2 is 2.10 bits per heavy atom. The molecule has 0 aliphatic carbocycles. The van der Waals surface area contributed by atoms with E-state index in [1.165, 1.54) is 6.07 Å². The van der Waals surface area contributed by atoms with Crippen LogP contribution in [0.5, 0.6) is 0 Å². The van der Waals surface area contributed by atoms with E-state index < -0.39 is 11.9 Å². The van der Waals surface area contributed by atoms with Gasteiger partial charge in [0.05, 0.1) is 6.54 Å². The van der Waals surface area contributed by atoms with Crippen LogP contribution in [0.4, 0.5) is 4.39 Å². The number of aliphatic hydroxyl groups excluding tert-OH is 1. The molecule has 0 aliphatic heterocycles. The van der Waals surface area contributed by atoms with Crippen LogP contribution in [0, 0.1) is 5.82 Å². The van der Waals surface area contributed by atoms with Gasteiger partial charge in [-0.25, -0.2) is 4.39 Å². The summed E-state index contributed by atoms with van der Waals surface area (Å²) in [7, 11) is 0. The van der Waals surface area contributed by atoms with Gasteiger partial charge < -0.3 is 15.7 Å². The molecule has 1 rings (SSSR count). The molecule has 0 heterocycles. The van der Waals surface area contributed by atoms with Crippen molar-refractivity contribution in [2.24, 2.45) is 4.99 Å². The Morgan fingerprint density at radius 3 is 2.71 bits per heavy atom. The van der Waals surface area contributed by atoms with E-state index in [1.807, 2.05) is 13.2 Å². The first-order chi connectivity index (χ1) is 9.69. The lowest BCUT2D eigenvalue weighted by Crippen LogP contribution is -2.38. The molecular weight excluding hydrogens is 404 g/mol. The smallest absolute Gasteiger partial charge is 0.191 e. The molecule has 1 unspecified atom stereocenters. The normalized spacial score (nSPS) is 12.5. The van der Waals surface area contributed by atoms with Crippen molar-refractivity contribution in [1.82, 2.24) is 10.6 Å². The van der Waals surface area contributed by atoms with Crippen molar-refractivity contribution >= 4 is 41.7 Å². The second-order valence-corrected chi connectivity index (χ2v) is 5.16. The number of nitrogens with zero attached hydrogens (tertiary/aromatic N) is 1. The zero-order chi connectivity index (χ0) is 14.8. The van der Waals surface area contributed by atoms with E-state index in [9.17, 15) is 9.50 Å². The number of halogens is 2. The fourth-order valence-corrected chi connectivity index (χ4v) is 1.94. The highest BCUT2D eigenvalue weighted by molar-refractivity contribution is 14.0. The topological polar surface area (TPSA) is 56.7 Å². The minimum absolute atomic E-state index is 0. The summed E-state index contributed by atoms with van der Waals surface area (Å²) in [6.07, 6.45) is 1.10. The van der Waals surface area contributed by atoms with E-state index in [0.717, 1.165) is 18.8 Å². The van der Waals surface area contributed by atoms with Crippen LogP contribution in [0.15, 0.2) is 29.3 Å². The van der Waals surface area contributed by atoms with Crippen molar-refractivity contribution in [3.63, 3.8) is 0 Å². The van der Waals surface area contributed by atoms with Crippen LogP contribution in [0.1, 0.15) is 18.6 Å². The van der Waals surface area contributed by atoms with E-state index in [-0.39, 0.29) is 36.1 Å². The van der Waals surface area contributed by atoms with Gasteiger partial charge in [-0.3, -0.25) is 4.99 Å². The first kappa shape index (κ1) is 20.5. The molecular formula is C14H23FIN3OS. The molecule has 0 aliphatic rings. The molecule has 0 amide bonds. The summed E-state index contributed by atoms with van der Waals surface area (Å²) in [5.41, 5.74) is 0.274. The van der Waals surface area contributed by atoms with Crippen molar-refractivity contribution < 1.29 is 9.50 Å². The monoisotopic (exact) mass is 427 g/mol. The van der Waals surface area contributed by atoms with Gasteiger partial charge in [-0.1, -0.05) is 18.2 Å². The first-order valence-corrected chi connectivity index (χ1v) is 8.02. The maximum atomic E-state index is 13.5. The third-order valence-corrected chi connectivity index (χ3v) is 3.24. The molecule has 1 atom stereocenters. The molecule has 1 aromatic rings. The third-order valence-electron chi connectivity index (χ3n) is 2.63. The Kier molecular flexibility index (Phi) is 11.7. The van der Waals surface area contributed by atoms with Gasteiger partial charge in [-0.2, -0.15) is 11.8 Å². The van der Waals surface area contributed by atoms with E-state index in [2.05, 4.69) is 15.6 Å². The minimum Gasteiger partial charge on any atom is -0.386 e. The van der Waals surface area contributed by atoms with E-state index in [1.54, 1.807) is 30.0 Å². The lowest BCUT2D eigenvalue weighted by molar-refractivity contribution is 0.182. The standard InChI is InChI=1S/C14H22FN3OS.HI/c1-3-16-14(17-8-9-20-2)18-10-13(19)11-6-4-5-7-12(11)15;/h4-7,13,19H,3,8-10H2,1-2H3,(H2,16,17,18);1H. The SMILES string of the molecule is CCNC(=NCC(O)c1ccccc1F)NCCSC.I. The van der Waals surface area contributed by atoms with Crippen LogP contribution in [0.25, 0.3) is 0 Å². The van der Waals surface area contributed by atoms with Crippen molar-refractivity contribution in [3.8, 4) is 0 Å². The number of hydrogen-bond acceptors (Lipinski definition) is 3. The summed E-state index contributed by atoms with van der Waals surface area (Å²) in [6, 6.07) is 6.21. The zero-order valence-corrected chi connectivity index (χ0v) is 15.5. The van der Waals surface area contributed by atoms with Gasteiger partial charge >= 0.3 is 0 Å². The number of aliphatic hydroxyl groups is 1. The molecule has 120 valence electrons. The first-order valence-electron chi connectivity index (χ1n) is 6.62. The predicted molar refractivity (Wildman–Crippen MR) is 99.1 cm³/mol. The molecule has 7 heteroatoms. The lowest BCUT2D eigenvalue weighted by Gasteiger charge is -2.13. The second kappa shape index (κ2) is 12.0. The van der Waals surface area contributed by atoms with Gasteiger partial charge in [-0.15, -0.1) is 24.0 Å². The summed E-state index contributed by atoms with van der Waals surface area (Å²) in [5, 5.41) is 16.2. The lowest BCUT2D eigenvalue weighted by atomic mass is 10.1. The van der Waals surface area contributed by atoms with Crippen LogP contribution >= 0.6 is 35.7 Å². The van der Waals surface area contributed by atoms with Gasteiger partial charge in [0.25, 0.3) is 0 Å². The van der Waals surface area contributed by atoms with Gasteiger partial charge in [0.1, 0.15) is 11.9 Å². The average molecular weight is 427 g/mol. The zero-order valence-electron chi connectivity index (χ0n) is 12.3. The van der Waals surface area contributed by atoms with E-state index in [0.29, 0.717) is 5.96 Å². The summed E-state index contributed by atoms with van der Waals surface area (Å²) in [4.78, 5) is 4.27. The molecule has 0 fully saturated rings. The fourth-order valence-electron chi connectivity index (χ4n) is 1.63. The average Bonchev–Trinajstić information content (AvgIpc) is 2.45. The largest absolute Gasteiger partial charge is 0.386 e. The molecule has 0 aromatic heterocycles. The molecule has 0 saturated heterocycles. The Morgan fingerprint density at radius 1 is 1.38 bits per heavy atom. The number of aliphatic imine (C=N–C) groups is 1. The number of hydrogen-bond donors (Lipinski definition) is 3. The van der Waals surface area contributed by atoms with Crippen LogP contribution in [-0.4, -0.2) is 42.7 Å². The fraction of sp³-hybridized carbons (Fsp3) is 0.500. The summed E-state index contributed by atoms with van der Waals surface area (Å²) >= 11 is 1.74. The van der Waals surface area contributed by atoms with Crippen LogP contribution in [0.3, 0.4) is 0 Å². The number of thioether (sulfide) groups is 1. The molecule has 0 saturated carbocycles. The molecule has 0 spiro atoms. The van der Waals surface area contributed by atoms with E-state index >= 15 is 0 Å². The number of nitrogens with one attached hydrogen (secondary N) is 2. The summed E-state index contributed by atoms with van der Waals surface area (Å²) < 4.78 is 13.5. The maximum Gasteiger partial charge on any atom is 0.191 e. The van der Waals surface area contributed by atoms with Crippen molar-refractivity contribution in [3.05, 3.63) is 35.6 Å². The molecule has 1 aromatic carbocycles. The second-order valence-electron chi connectivity index (χ2n) is 4.18. The Balaban J connectivity index is 0.00000400. The maximum absolute atomic E-state index is 13.5. The van der Waals surface area contributed by atoms with Crippen LogP contribution in [-0.2, 0) is 0 Å². The molecule has 21 heavy (non-hydrogen) atoms. The minimum atomic E-state index is -0.938. The Hall–Kier alpha value is -0.540. The van der Waals surface area contributed by atoms with Crippen molar-refractivity contribution in [1.29, 1.82) is 0 Å². The van der Waals surface area contributed by atoms with Crippen LogP contribution in [0.2, 0.25) is 0 Å². The highest BCUT2D eigenvalue weighted by atomic mass is 127.